The van der Waals surface area contributed by atoms with E-state index in [0.717, 1.165) is 0 Å². The van der Waals surface area contributed by atoms with Crippen molar-refractivity contribution in [1.29, 1.82) is 0 Å². The molecule has 6 heteroatoms. The molecule has 0 fully saturated rings. The highest BCUT2D eigenvalue weighted by Gasteiger charge is 2.10. The van der Waals surface area contributed by atoms with Crippen LogP contribution in [0, 0.1) is 12.7 Å². The normalized spacial score (nSPS) is 10.5. The van der Waals surface area contributed by atoms with Crippen LogP contribution in [0.2, 0.25) is 0 Å². The number of anilines is 1. The second kappa shape index (κ2) is 7.70. The van der Waals surface area contributed by atoms with Crippen molar-refractivity contribution in [1.82, 2.24) is 5.32 Å². The smallest absolute Gasteiger partial charge is 0.251 e. The highest BCUT2D eigenvalue weighted by molar-refractivity contribution is 5.95. The summed E-state index contributed by atoms with van der Waals surface area (Å²) in [7, 11) is 1.58. The Bertz CT molecular complexity index is 415. The van der Waals surface area contributed by atoms with Gasteiger partial charge in [0.05, 0.1) is 19.8 Å². The average molecular weight is 270 g/mol. The number of halogens is 1. The van der Waals surface area contributed by atoms with E-state index in [-0.39, 0.29) is 17.2 Å². The summed E-state index contributed by atoms with van der Waals surface area (Å²) in [5.41, 5.74) is 6.43. The van der Waals surface area contributed by atoms with Gasteiger partial charge in [0, 0.05) is 30.5 Å². The first-order chi connectivity index (χ1) is 9.06. The summed E-state index contributed by atoms with van der Waals surface area (Å²) in [6.07, 6.45) is 0. The van der Waals surface area contributed by atoms with Crippen LogP contribution in [0.15, 0.2) is 12.1 Å². The van der Waals surface area contributed by atoms with Gasteiger partial charge in [0.2, 0.25) is 0 Å². The number of methoxy groups -OCH3 is 1. The van der Waals surface area contributed by atoms with E-state index in [4.69, 9.17) is 15.2 Å². The highest BCUT2D eigenvalue weighted by atomic mass is 19.1. The van der Waals surface area contributed by atoms with Gasteiger partial charge in [-0.1, -0.05) is 0 Å². The number of ether oxygens (including phenoxy) is 2. The summed E-state index contributed by atoms with van der Waals surface area (Å²) >= 11 is 0. The lowest BCUT2D eigenvalue weighted by Crippen LogP contribution is -2.27. The second-order valence-corrected chi connectivity index (χ2v) is 4.03. The molecule has 0 radical (unpaired) electrons. The number of carbonyl (C=O) groups excluding carboxylic acids is 1. The minimum Gasteiger partial charge on any atom is -0.398 e. The number of nitrogens with two attached hydrogens (primary N) is 1. The van der Waals surface area contributed by atoms with Crippen molar-refractivity contribution in [2.24, 2.45) is 0 Å². The molecule has 0 aromatic heterocycles. The Morgan fingerprint density at radius 2 is 2.11 bits per heavy atom. The minimum atomic E-state index is -0.485. The van der Waals surface area contributed by atoms with E-state index in [2.05, 4.69) is 5.32 Å². The molecule has 0 unspecified atom stereocenters. The first-order valence-electron chi connectivity index (χ1n) is 5.96. The average Bonchev–Trinajstić information content (AvgIpc) is 2.39. The molecule has 0 atom stereocenters. The zero-order chi connectivity index (χ0) is 14.3. The van der Waals surface area contributed by atoms with Gasteiger partial charge < -0.3 is 20.5 Å². The first-order valence-corrected chi connectivity index (χ1v) is 5.96. The Kier molecular flexibility index (Phi) is 6.24. The van der Waals surface area contributed by atoms with E-state index in [1.54, 1.807) is 14.0 Å². The number of carbonyl (C=O) groups is 1. The maximum Gasteiger partial charge on any atom is 0.251 e. The lowest BCUT2D eigenvalue weighted by Gasteiger charge is -2.08. The minimum absolute atomic E-state index is 0.206. The summed E-state index contributed by atoms with van der Waals surface area (Å²) in [5.74, 6) is -0.859. The van der Waals surface area contributed by atoms with Crippen LogP contribution >= 0.6 is 0 Å². The Hall–Kier alpha value is -1.66. The fourth-order valence-corrected chi connectivity index (χ4v) is 1.41. The summed E-state index contributed by atoms with van der Waals surface area (Å²) in [5, 5.41) is 2.62. The molecule has 5 nitrogen and oxygen atoms in total. The fraction of sp³-hybridized carbons (Fsp3) is 0.462. The molecule has 0 aliphatic rings. The monoisotopic (exact) mass is 270 g/mol. The third-order valence-electron chi connectivity index (χ3n) is 2.61. The van der Waals surface area contributed by atoms with Gasteiger partial charge in [0.15, 0.2) is 0 Å². The Morgan fingerprint density at radius 1 is 1.37 bits per heavy atom. The van der Waals surface area contributed by atoms with Crippen molar-refractivity contribution in [2.45, 2.75) is 6.92 Å². The number of nitrogen functional groups attached to an aromatic ring is 1. The van der Waals surface area contributed by atoms with Crippen LogP contribution in [0.5, 0.6) is 0 Å². The van der Waals surface area contributed by atoms with Gasteiger partial charge >= 0.3 is 0 Å². The van der Waals surface area contributed by atoms with Crippen molar-refractivity contribution in [3.63, 3.8) is 0 Å². The van der Waals surface area contributed by atoms with E-state index in [0.29, 0.717) is 31.9 Å². The standard InChI is InChI=1S/C13H19FN2O3/c1-9-11(14)7-10(8-12(9)15)13(17)16-3-4-19-6-5-18-2/h7-8H,3-6,15H2,1-2H3,(H,16,17). The van der Waals surface area contributed by atoms with E-state index < -0.39 is 5.82 Å². The van der Waals surface area contributed by atoms with E-state index in [1.807, 2.05) is 0 Å². The first kappa shape index (κ1) is 15.4. The molecule has 1 aromatic rings. The lowest BCUT2D eigenvalue weighted by atomic mass is 10.1. The molecule has 0 bridgehead atoms. The molecule has 19 heavy (non-hydrogen) atoms. The van der Waals surface area contributed by atoms with Crippen molar-refractivity contribution >= 4 is 11.6 Å². The predicted molar refractivity (Wildman–Crippen MR) is 70.6 cm³/mol. The maximum atomic E-state index is 13.4. The molecule has 1 amide bonds. The van der Waals surface area contributed by atoms with E-state index in [1.165, 1.54) is 12.1 Å². The van der Waals surface area contributed by atoms with Gasteiger partial charge in [-0.15, -0.1) is 0 Å². The molecule has 0 saturated heterocycles. The Labute approximate surface area is 111 Å². The summed E-state index contributed by atoms with van der Waals surface area (Å²) in [6.45, 7) is 3.26. The number of hydrogen-bond acceptors (Lipinski definition) is 4. The van der Waals surface area contributed by atoms with Gasteiger partial charge in [-0.05, 0) is 19.1 Å². The molecule has 106 valence electrons. The third-order valence-corrected chi connectivity index (χ3v) is 2.61. The van der Waals surface area contributed by atoms with E-state index in [9.17, 15) is 9.18 Å². The summed E-state index contributed by atoms with van der Waals surface area (Å²) in [6, 6.07) is 2.63. The SMILES string of the molecule is COCCOCCNC(=O)c1cc(N)c(C)c(F)c1. The fourth-order valence-electron chi connectivity index (χ4n) is 1.41. The zero-order valence-corrected chi connectivity index (χ0v) is 11.2. The van der Waals surface area contributed by atoms with Crippen LogP contribution in [-0.2, 0) is 9.47 Å². The molecule has 0 aliphatic carbocycles. The third kappa shape index (κ3) is 4.84. The summed E-state index contributed by atoms with van der Waals surface area (Å²) < 4.78 is 23.4. The van der Waals surface area contributed by atoms with Gasteiger partial charge in [-0.3, -0.25) is 4.79 Å². The second-order valence-electron chi connectivity index (χ2n) is 4.03. The Balaban J connectivity index is 2.42. The zero-order valence-electron chi connectivity index (χ0n) is 11.2. The van der Waals surface area contributed by atoms with Crippen molar-refractivity contribution in [3.8, 4) is 0 Å². The largest absolute Gasteiger partial charge is 0.398 e. The molecule has 3 N–H and O–H groups in total. The predicted octanol–water partition coefficient (Wildman–Crippen LogP) is 1.11. The van der Waals surface area contributed by atoms with Crippen LogP contribution < -0.4 is 11.1 Å². The lowest BCUT2D eigenvalue weighted by molar-refractivity contribution is 0.0692. The van der Waals surface area contributed by atoms with Crippen LogP contribution in [0.1, 0.15) is 15.9 Å². The van der Waals surface area contributed by atoms with E-state index >= 15 is 0 Å². The van der Waals surface area contributed by atoms with Crippen molar-refractivity contribution in [2.75, 3.05) is 39.2 Å². The van der Waals surface area contributed by atoms with Crippen LogP contribution in [-0.4, -0.2) is 39.4 Å². The van der Waals surface area contributed by atoms with Crippen molar-refractivity contribution < 1.29 is 18.7 Å². The summed E-state index contributed by atoms with van der Waals surface area (Å²) in [4.78, 5) is 11.7. The quantitative estimate of drug-likeness (QED) is 0.575. The molecule has 0 saturated carbocycles. The molecule has 0 aliphatic heterocycles. The van der Waals surface area contributed by atoms with Gasteiger partial charge in [-0.25, -0.2) is 4.39 Å². The van der Waals surface area contributed by atoms with Gasteiger partial charge in [0.1, 0.15) is 5.82 Å². The number of rotatable bonds is 7. The van der Waals surface area contributed by atoms with Gasteiger partial charge in [0.25, 0.3) is 5.91 Å². The molecule has 0 spiro atoms. The highest BCUT2D eigenvalue weighted by Crippen LogP contribution is 2.17. The molecule has 1 aromatic carbocycles. The van der Waals surface area contributed by atoms with Gasteiger partial charge in [-0.2, -0.15) is 0 Å². The molecule has 1 rings (SSSR count). The number of nitrogens with one attached hydrogen (secondary N) is 1. The van der Waals surface area contributed by atoms with Crippen LogP contribution in [0.3, 0.4) is 0 Å². The molecular formula is C13H19FN2O3. The molecule has 0 heterocycles. The maximum absolute atomic E-state index is 13.4. The van der Waals surface area contributed by atoms with Crippen LogP contribution in [0.4, 0.5) is 10.1 Å². The Morgan fingerprint density at radius 3 is 2.74 bits per heavy atom. The van der Waals surface area contributed by atoms with Crippen LogP contribution in [0.25, 0.3) is 0 Å². The topological polar surface area (TPSA) is 73.6 Å². The molecular weight excluding hydrogens is 251 g/mol. The van der Waals surface area contributed by atoms with Crippen molar-refractivity contribution in [3.05, 3.63) is 29.1 Å². The number of benzene rings is 1. The number of amides is 1. The number of hydrogen-bond donors (Lipinski definition) is 2.